The Kier molecular flexibility index (Phi) is 6.89. The summed E-state index contributed by atoms with van der Waals surface area (Å²) in [7, 11) is 0. The van der Waals surface area contributed by atoms with Crippen molar-refractivity contribution in [3.8, 4) is 45.3 Å². The molecule has 0 amide bonds. The van der Waals surface area contributed by atoms with Crippen LogP contribution >= 0.6 is 23.1 Å². The van der Waals surface area contributed by atoms with Crippen molar-refractivity contribution in [1.82, 2.24) is 15.0 Å². The molecule has 0 radical (unpaired) electrons. The number of allylic oxidation sites excluding steroid dienone is 3. The van der Waals surface area contributed by atoms with E-state index < -0.39 is 0 Å². The van der Waals surface area contributed by atoms with Crippen molar-refractivity contribution in [3.05, 3.63) is 169 Å². The van der Waals surface area contributed by atoms with Gasteiger partial charge in [-0.2, -0.15) is 0 Å². The van der Waals surface area contributed by atoms with E-state index in [4.69, 9.17) is 19.4 Å². The van der Waals surface area contributed by atoms with E-state index in [9.17, 15) is 0 Å². The number of rotatable bonds is 4. The summed E-state index contributed by atoms with van der Waals surface area (Å²) in [4.78, 5) is 17.0. The highest BCUT2D eigenvalue weighted by Gasteiger charge is 2.42. The molecule has 4 heterocycles. The first-order chi connectivity index (χ1) is 27.6. The Hall–Kier alpha value is -6.34. The molecule has 0 fully saturated rings. The number of aromatic nitrogens is 3. The number of furan rings is 1. The van der Waals surface area contributed by atoms with Gasteiger partial charge in [0.2, 0.25) is 0 Å². The van der Waals surface area contributed by atoms with Gasteiger partial charge in [-0.05, 0) is 89.0 Å². The summed E-state index contributed by atoms with van der Waals surface area (Å²) < 4.78 is 9.08. The van der Waals surface area contributed by atoms with E-state index in [1.54, 1.807) is 0 Å². The zero-order valence-electron chi connectivity index (χ0n) is 30.2. The first kappa shape index (κ1) is 32.0. The van der Waals surface area contributed by atoms with Crippen LogP contribution in [0.25, 0.3) is 98.2 Å². The van der Waals surface area contributed by atoms with Gasteiger partial charge >= 0.3 is 0 Å². The average molecular weight is 754 g/mol. The maximum absolute atomic E-state index is 6.56. The highest BCUT2D eigenvalue weighted by atomic mass is 32.2. The number of thioether (sulfide) groups is 1. The predicted molar refractivity (Wildman–Crippen MR) is 235 cm³/mol. The van der Waals surface area contributed by atoms with Crippen molar-refractivity contribution >= 4 is 76.0 Å². The number of nitrogens with zero attached hydrogens (tertiary/aromatic N) is 3. The Morgan fingerprint density at radius 1 is 0.554 bits per heavy atom. The van der Waals surface area contributed by atoms with Crippen LogP contribution in [-0.2, 0) is 0 Å². The van der Waals surface area contributed by atoms with E-state index in [0.717, 1.165) is 44.0 Å². The van der Waals surface area contributed by atoms with Crippen LogP contribution in [0.2, 0.25) is 0 Å². The summed E-state index contributed by atoms with van der Waals surface area (Å²) in [5.74, 6) is 2.18. The maximum Gasteiger partial charge on any atom is 0.164 e. The quantitative estimate of drug-likeness (QED) is 0.179. The molecule has 0 spiro atoms. The molecular formula is C50H31N3OS2. The Morgan fingerprint density at radius 3 is 2.21 bits per heavy atom. The predicted octanol–water partition coefficient (Wildman–Crippen LogP) is 14.0. The SMILES string of the molecule is CC12C=CC=CC1c1c(cccc1-c1ccc3oc4cccc(-c5nc(-c6ccc7ccccc7c6)nc(-c6ccc7sc8ccccc8c7c6)n5)c4c3c1)S2. The normalized spacial score (nSPS) is 17.4. The van der Waals surface area contributed by atoms with Gasteiger partial charge in [0.15, 0.2) is 17.5 Å². The molecule has 7 aromatic carbocycles. The fourth-order valence-electron chi connectivity index (χ4n) is 8.77. The van der Waals surface area contributed by atoms with E-state index in [-0.39, 0.29) is 4.75 Å². The second-order valence-corrected chi connectivity index (χ2v) is 17.5. The maximum atomic E-state index is 6.56. The van der Waals surface area contributed by atoms with Crippen molar-refractivity contribution in [2.45, 2.75) is 22.5 Å². The number of benzene rings is 7. The smallest absolute Gasteiger partial charge is 0.164 e. The van der Waals surface area contributed by atoms with Gasteiger partial charge in [-0.25, -0.2) is 15.0 Å². The largest absolute Gasteiger partial charge is 0.456 e. The van der Waals surface area contributed by atoms with Crippen LogP contribution in [0.4, 0.5) is 0 Å². The van der Waals surface area contributed by atoms with E-state index in [1.165, 1.54) is 47.1 Å². The van der Waals surface area contributed by atoms with Crippen LogP contribution in [-0.4, -0.2) is 19.7 Å². The summed E-state index contributed by atoms with van der Waals surface area (Å²) in [6.45, 7) is 2.35. The molecule has 4 nitrogen and oxygen atoms in total. The molecule has 0 saturated carbocycles. The Balaban J connectivity index is 1.07. The molecule has 264 valence electrons. The highest BCUT2D eigenvalue weighted by molar-refractivity contribution is 8.01. The van der Waals surface area contributed by atoms with Gasteiger partial charge in [-0.3, -0.25) is 0 Å². The lowest BCUT2D eigenvalue weighted by Crippen LogP contribution is -2.22. The number of hydrogen-bond donors (Lipinski definition) is 0. The third kappa shape index (κ3) is 4.89. The minimum Gasteiger partial charge on any atom is -0.456 e. The molecule has 2 unspecified atom stereocenters. The van der Waals surface area contributed by atoms with Gasteiger partial charge in [0.25, 0.3) is 0 Å². The molecule has 6 heteroatoms. The Morgan fingerprint density at radius 2 is 1.29 bits per heavy atom. The minimum atomic E-state index is 0.00693. The van der Waals surface area contributed by atoms with Gasteiger partial charge in [-0.15, -0.1) is 23.1 Å². The number of hydrogen-bond acceptors (Lipinski definition) is 6. The van der Waals surface area contributed by atoms with E-state index >= 15 is 0 Å². The van der Waals surface area contributed by atoms with Gasteiger partial charge in [0.05, 0.1) is 0 Å². The lowest BCUT2D eigenvalue weighted by molar-refractivity contribution is 0.669. The standard InChI is InChI=1S/C50H31N3OS2/c1-50-25-7-6-15-39(50)46-34(13-9-18-44(46)56-50)31-21-23-40-38(27-31)45-36(14-8-16-41(45)54-40)49-52-47(32-20-19-29-10-2-3-11-30(29)26-32)51-48(53-49)33-22-24-43-37(28-33)35-12-4-5-17-42(35)55-43/h2-28,39H,1H3. The fraction of sp³-hybridized carbons (Fsp3) is 0.0600. The van der Waals surface area contributed by atoms with Gasteiger partial charge < -0.3 is 4.42 Å². The number of fused-ring (bicyclic) bond motifs is 10. The Bertz CT molecular complexity index is 3340. The van der Waals surface area contributed by atoms with Crippen LogP contribution in [0.15, 0.2) is 173 Å². The zero-order valence-corrected chi connectivity index (χ0v) is 31.9. The van der Waals surface area contributed by atoms with Gasteiger partial charge in [-0.1, -0.05) is 109 Å². The molecule has 0 saturated heterocycles. The molecule has 12 rings (SSSR count). The first-order valence-electron chi connectivity index (χ1n) is 18.9. The monoisotopic (exact) mass is 753 g/mol. The molecule has 56 heavy (non-hydrogen) atoms. The van der Waals surface area contributed by atoms with Gasteiger partial charge in [0.1, 0.15) is 11.2 Å². The molecule has 10 aromatic rings. The summed E-state index contributed by atoms with van der Waals surface area (Å²) >= 11 is 3.77. The molecule has 2 aliphatic rings. The first-order valence-corrected chi connectivity index (χ1v) is 20.5. The van der Waals surface area contributed by atoms with Crippen molar-refractivity contribution in [2.24, 2.45) is 0 Å². The summed E-state index contributed by atoms with van der Waals surface area (Å²) in [5.41, 5.74) is 8.26. The average Bonchev–Trinajstić information content (AvgIpc) is 3.91. The molecular weight excluding hydrogens is 723 g/mol. The van der Waals surface area contributed by atoms with Crippen LogP contribution in [0, 0.1) is 0 Å². The van der Waals surface area contributed by atoms with E-state index in [1.807, 2.05) is 35.2 Å². The summed E-state index contributed by atoms with van der Waals surface area (Å²) in [6.07, 6.45) is 9.08. The van der Waals surface area contributed by atoms with Crippen molar-refractivity contribution in [3.63, 3.8) is 0 Å². The topological polar surface area (TPSA) is 51.8 Å². The minimum absolute atomic E-state index is 0.00693. The van der Waals surface area contributed by atoms with E-state index in [2.05, 4.69) is 159 Å². The van der Waals surface area contributed by atoms with Crippen LogP contribution in [0.1, 0.15) is 18.4 Å². The third-order valence-electron chi connectivity index (χ3n) is 11.5. The van der Waals surface area contributed by atoms with Crippen LogP contribution in [0.3, 0.4) is 0 Å². The van der Waals surface area contributed by atoms with Crippen LogP contribution < -0.4 is 0 Å². The highest BCUT2D eigenvalue weighted by Crippen LogP contribution is 2.58. The summed E-state index contributed by atoms with van der Waals surface area (Å²) in [6, 6.07) is 49.5. The van der Waals surface area contributed by atoms with E-state index in [0.29, 0.717) is 23.4 Å². The zero-order chi connectivity index (χ0) is 37.0. The molecule has 1 aliphatic carbocycles. The molecule has 2 atom stereocenters. The molecule has 3 aromatic heterocycles. The van der Waals surface area contributed by atoms with Crippen molar-refractivity contribution in [1.29, 1.82) is 0 Å². The Labute approximate surface area is 330 Å². The third-order valence-corrected chi connectivity index (χ3v) is 14.0. The van der Waals surface area contributed by atoms with Crippen LogP contribution in [0.5, 0.6) is 0 Å². The van der Waals surface area contributed by atoms with Crippen molar-refractivity contribution < 1.29 is 4.42 Å². The molecule has 1 aliphatic heterocycles. The second-order valence-electron chi connectivity index (χ2n) is 14.9. The van der Waals surface area contributed by atoms with Gasteiger partial charge in [0, 0.05) is 63.2 Å². The second kappa shape index (κ2) is 12.1. The molecule has 0 bridgehead atoms. The summed E-state index contributed by atoms with van der Waals surface area (Å²) in [5, 5.41) is 6.80. The lowest BCUT2D eigenvalue weighted by atomic mass is 9.80. The lowest BCUT2D eigenvalue weighted by Gasteiger charge is -2.28. The fourth-order valence-corrected chi connectivity index (χ4v) is 11.3. The van der Waals surface area contributed by atoms with Crippen molar-refractivity contribution in [2.75, 3.05) is 0 Å². The molecule has 0 N–H and O–H groups in total. The number of thiophene rings is 1.